The maximum absolute atomic E-state index is 12.1. The number of benzene rings is 1. The molecule has 24 heavy (non-hydrogen) atoms. The number of amides is 1. The summed E-state index contributed by atoms with van der Waals surface area (Å²) in [7, 11) is 1.91. The summed E-state index contributed by atoms with van der Waals surface area (Å²) in [6.07, 6.45) is 6.04. The Morgan fingerprint density at radius 1 is 1.25 bits per heavy atom. The lowest BCUT2D eigenvalue weighted by Crippen LogP contribution is -2.32. The standard InChI is InChI=1S/C18H24N4O2/c1-21-13-15(11-20-21)10-19-12-16-6-2-3-7-17(16)24-14-18(23)22-8-4-5-9-22/h2-3,6-7,11,13,19H,4-5,8-10,12,14H2,1H3. The van der Waals surface area contributed by atoms with Gasteiger partial charge in [-0.1, -0.05) is 18.2 Å². The molecule has 0 radical (unpaired) electrons. The quantitative estimate of drug-likeness (QED) is 0.841. The highest BCUT2D eigenvalue weighted by molar-refractivity contribution is 5.78. The summed E-state index contributed by atoms with van der Waals surface area (Å²) in [6, 6.07) is 7.85. The molecule has 0 atom stereocenters. The van der Waals surface area contributed by atoms with Crippen LogP contribution >= 0.6 is 0 Å². The Morgan fingerprint density at radius 3 is 2.79 bits per heavy atom. The van der Waals surface area contributed by atoms with Gasteiger partial charge >= 0.3 is 0 Å². The fraction of sp³-hybridized carbons (Fsp3) is 0.444. The maximum atomic E-state index is 12.1. The molecule has 0 unspecified atom stereocenters. The molecular formula is C18H24N4O2. The fourth-order valence-corrected chi connectivity index (χ4v) is 2.89. The summed E-state index contributed by atoms with van der Waals surface area (Å²) < 4.78 is 7.56. The zero-order valence-electron chi connectivity index (χ0n) is 14.1. The smallest absolute Gasteiger partial charge is 0.260 e. The molecule has 6 heteroatoms. The Kier molecular flexibility index (Phi) is 5.48. The van der Waals surface area contributed by atoms with Crippen molar-refractivity contribution in [3.05, 3.63) is 47.8 Å². The number of aromatic nitrogens is 2. The van der Waals surface area contributed by atoms with Crippen LogP contribution in [0.25, 0.3) is 0 Å². The van der Waals surface area contributed by atoms with E-state index in [9.17, 15) is 4.79 Å². The predicted octanol–water partition coefficient (Wildman–Crippen LogP) is 1.71. The number of ether oxygens (including phenoxy) is 1. The van der Waals surface area contributed by atoms with Gasteiger partial charge in [-0.2, -0.15) is 5.10 Å². The van der Waals surface area contributed by atoms with E-state index in [1.807, 2.05) is 48.6 Å². The number of carbonyl (C=O) groups is 1. The van der Waals surface area contributed by atoms with Gasteiger partial charge in [0, 0.05) is 50.6 Å². The molecular weight excluding hydrogens is 304 g/mol. The second-order valence-electron chi connectivity index (χ2n) is 6.11. The van der Waals surface area contributed by atoms with Gasteiger partial charge < -0.3 is 15.0 Å². The van der Waals surface area contributed by atoms with Crippen LogP contribution in [0, 0.1) is 0 Å². The van der Waals surface area contributed by atoms with Crippen LogP contribution < -0.4 is 10.1 Å². The number of para-hydroxylation sites is 1. The van der Waals surface area contributed by atoms with Gasteiger partial charge in [-0.3, -0.25) is 9.48 Å². The third kappa shape index (κ3) is 4.35. The lowest BCUT2D eigenvalue weighted by atomic mass is 10.2. The normalized spacial score (nSPS) is 14.1. The minimum absolute atomic E-state index is 0.0747. The zero-order chi connectivity index (χ0) is 16.8. The molecule has 0 spiro atoms. The highest BCUT2D eigenvalue weighted by Crippen LogP contribution is 2.18. The van der Waals surface area contributed by atoms with E-state index in [1.165, 1.54) is 0 Å². The Labute approximate surface area is 142 Å². The molecule has 0 aliphatic carbocycles. The van der Waals surface area contributed by atoms with Crippen LogP contribution in [0.3, 0.4) is 0 Å². The Hall–Kier alpha value is -2.34. The van der Waals surface area contributed by atoms with Crippen molar-refractivity contribution in [3.63, 3.8) is 0 Å². The monoisotopic (exact) mass is 328 g/mol. The van der Waals surface area contributed by atoms with Crippen LogP contribution in [0.5, 0.6) is 5.75 Å². The summed E-state index contributed by atoms with van der Waals surface area (Å²) in [5, 5.41) is 7.54. The first-order valence-electron chi connectivity index (χ1n) is 8.39. The Bertz CT molecular complexity index is 677. The van der Waals surface area contributed by atoms with Crippen LogP contribution in [0.15, 0.2) is 36.7 Å². The van der Waals surface area contributed by atoms with Crippen molar-refractivity contribution in [2.45, 2.75) is 25.9 Å². The fourth-order valence-electron chi connectivity index (χ4n) is 2.89. The molecule has 2 aromatic rings. The molecule has 3 rings (SSSR count). The molecule has 2 heterocycles. The summed E-state index contributed by atoms with van der Waals surface area (Å²) >= 11 is 0. The highest BCUT2D eigenvalue weighted by Gasteiger charge is 2.18. The van der Waals surface area contributed by atoms with Gasteiger partial charge in [0.2, 0.25) is 0 Å². The Morgan fingerprint density at radius 2 is 2.04 bits per heavy atom. The van der Waals surface area contributed by atoms with E-state index in [0.717, 1.165) is 49.4 Å². The van der Waals surface area contributed by atoms with Gasteiger partial charge in [0.05, 0.1) is 6.20 Å². The minimum atomic E-state index is 0.0747. The van der Waals surface area contributed by atoms with E-state index in [2.05, 4.69) is 10.4 Å². The number of rotatable bonds is 7. The molecule has 1 aromatic carbocycles. The molecule has 1 N–H and O–H groups in total. The van der Waals surface area contributed by atoms with Gasteiger partial charge in [-0.05, 0) is 18.9 Å². The minimum Gasteiger partial charge on any atom is -0.483 e. The first-order valence-corrected chi connectivity index (χ1v) is 8.39. The van der Waals surface area contributed by atoms with Crippen molar-refractivity contribution < 1.29 is 9.53 Å². The maximum Gasteiger partial charge on any atom is 0.260 e. The summed E-state index contributed by atoms with van der Waals surface area (Å²) in [5.41, 5.74) is 2.19. The van der Waals surface area contributed by atoms with Crippen molar-refractivity contribution >= 4 is 5.91 Å². The van der Waals surface area contributed by atoms with E-state index in [1.54, 1.807) is 4.68 Å². The summed E-state index contributed by atoms with van der Waals surface area (Å²) in [5.74, 6) is 0.842. The van der Waals surface area contributed by atoms with Gasteiger partial charge in [0.1, 0.15) is 5.75 Å². The SMILES string of the molecule is Cn1cc(CNCc2ccccc2OCC(=O)N2CCCC2)cn1. The number of hydrogen-bond acceptors (Lipinski definition) is 4. The molecule has 0 saturated carbocycles. The molecule has 1 aliphatic rings. The highest BCUT2D eigenvalue weighted by atomic mass is 16.5. The number of aryl methyl sites for hydroxylation is 1. The number of hydrogen-bond donors (Lipinski definition) is 1. The van der Waals surface area contributed by atoms with Crippen molar-refractivity contribution in [2.24, 2.45) is 7.05 Å². The van der Waals surface area contributed by atoms with E-state index < -0.39 is 0 Å². The topological polar surface area (TPSA) is 59.4 Å². The van der Waals surface area contributed by atoms with Crippen LogP contribution in [0.4, 0.5) is 0 Å². The first kappa shape index (κ1) is 16.5. The van der Waals surface area contributed by atoms with Gasteiger partial charge in [0.15, 0.2) is 6.61 Å². The molecule has 1 saturated heterocycles. The van der Waals surface area contributed by atoms with Crippen LogP contribution in [0.2, 0.25) is 0 Å². The van der Waals surface area contributed by atoms with Crippen LogP contribution in [0.1, 0.15) is 24.0 Å². The lowest BCUT2D eigenvalue weighted by Gasteiger charge is -2.17. The van der Waals surface area contributed by atoms with E-state index in [0.29, 0.717) is 6.54 Å². The largest absolute Gasteiger partial charge is 0.483 e. The van der Waals surface area contributed by atoms with Crippen LogP contribution in [-0.2, 0) is 24.9 Å². The average molecular weight is 328 g/mol. The average Bonchev–Trinajstić information content (AvgIpc) is 3.25. The summed E-state index contributed by atoms with van der Waals surface area (Å²) in [6.45, 7) is 3.25. The zero-order valence-corrected chi connectivity index (χ0v) is 14.1. The molecule has 0 bridgehead atoms. The molecule has 1 aliphatic heterocycles. The van der Waals surface area contributed by atoms with E-state index >= 15 is 0 Å². The number of nitrogens with zero attached hydrogens (tertiary/aromatic N) is 3. The molecule has 128 valence electrons. The van der Waals surface area contributed by atoms with E-state index in [4.69, 9.17) is 4.74 Å². The molecule has 6 nitrogen and oxygen atoms in total. The number of carbonyl (C=O) groups excluding carboxylic acids is 1. The first-order chi connectivity index (χ1) is 11.7. The van der Waals surface area contributed by atoms with Crippen molar-refractivity contribution in [2.75, 3.05) is 19.7 Å². The third-order valence-electron chi connectivity index (χ3n) is 4.19. The van der Waals surface area contributed by atoms with Gasteiger partial charge in [0.25, 0.3) is 5.91 Å². The number of nitrogens with one attached hydrogen (secondary N) is 1. The van der Waals surface area contributed by atoms with Gasteiger partial charge in [-0.25, -0.2) is 0 Å². The lowest BCUT2D eigenvalue weighted by molar-refractivity contribution is -0.132. The summed E-state index contributed by atoms with van der Waals surface area (Å²) in [4.78, 5) is 14.0. The second kappa shape index (κ2) is 7.97. The Balaban J connectivity index is 1.51. The van der Waals surface area contributed by atoms with Crippen molar-refractivity contribution in [3.8, 4) is 5.75 Å². The molecule has 1 amide bonds. The van der Waals surface area contributed by atoms with E-state index in [-0.39, 0.29) is 12.5 Å². The van der Waals surface area contributed by atoms with Gasteiger partial charge in [-0.15, -0.1) is 0 Å². The molecule has 1 fully saturated rings. The number of likely N-dealkylation sites (tertiary alicyclic amines) is 1. The second-order valence-corrected chi connectivity index (χ2v) is 6.11. The molecule has 1 aromatic heterocycles. The predicted molar refractivity (Wildman–Crippen MR) is 91.5 cm³/mol. The van der Waals surface area contributed by atoms with Crippen molar-refractivity contribution in [1.82, 2.24) is 20.0 Å². The van der Waals surface area contributed by atoms with Crippen LogP contribution in [-0.4, -0.2) is 40.3 Å². The van der Waals surface area contributed by atoms with Crippen molar-refractivity contribution in [1.29, 1.82) is 0 Å². The third-order valence-corrected chi connectivity index (χ3v) is 4.19.